The van der Waals surface area contributed by atoms with E-state index in [9.17, 15) is 24.6 Å². The number of likely N-dealkylation sites (tertiary alicyclic amines) is 2. The number of carbonyl (C=O) groups excluding carboxylic acids is 2. The van der Waals surface area contributed by atoms with Crippen molar-refractivity contribution in [3.8, 4) is 17.2 Å². The highest BCUT2D eigenvalue weighted by atomic mass is 16.5. The Balaban J connectivity index is 1.89. The number of carbonyl (C=O) groups is 3. The maximum atomic E-state index is 13.8. The zero-order valence-corrected chi connectivity index (χ0v) is 23.1. The Labute approximate surface area is 228 Å². The van der Waals surface area contributed by atoms with Gasteiger partial charge in [0.15, 0.2) is 11.4 Å². The van der Waals surface area contributed by atoms with Gasteiger partial charge < -0.3 is 29.5 Å². The molecule has 2 aromatic rings. The molecule has 1 aromatic heterocycles. The molecule has 2 fully saturated rings. The predicted octanol–water partition coefficient (Wildman–Crippen LogP) is 3.74. The zero-order chi connectivity index (χ0) is 28.3. The average molecular weight is 543 g/mol. The van der Waals surface area contributed by atoms with Crippen molar-refractivity contribution in [3.05, 3.63) is 41.2 Å². The van der Waals surface area contributed by atoms with Gasteiger partial charge in [-0.25, -0.2) is 9.59 Å². The van der Waals surface area contributed by atoms with E-state index in [1.807, 2.05) is 0 Å². The normalized spacial score (nSPS) is 18.6. The number of nitrogens with zero attached hydrogens (tertiary/aromatic N) is 4. The lowest BCUT2D eigenvalue weighted by atomic mass is 9.90. The van der Waals surface area contributed by atoms with E-state index in [4.69, 9.17) is 9.47 Å². The minimum absolute atomic E-state index is 0.0861. The Morgan fingerprint density at radius 1 is 1.00 bits per heavy atom. The molecule has 1 unspecified atom stereocenters. The Hall–Kier alpha value is -3.73. The van der Waals surface area contributed by atoms with Gasteiger partial charge in [-0.15, -0.1) is 0 Å². The van der Waals surface area contributed by atoms with Crippen LogP contribution in [0.2, 0.25) is 0 Å². The van der Waals surface area contributed by atoms with Crippen LogP contribution in [0.3, 0.4) is 0 Å². The first kappa shape index (κ1) is 28.3. The van der Waals surface area contributed by atoms with Gasteiger partial charge in [0, 0.05) is 50.5 Å². The number of hydrogen-bond donors (Lipinski definition) is 2. The van der Waals surface area contributed by atoms with Crippen molar-refractivity contribution >= 4 is 18.0 Å². The molecule has 0 radical (unpaired) electrons. The minimum Gasteiger partial charge on any atom is -0.505 e. The number of hydrogen-bond acceptors (Lipinski definition) is 7. The number of benzene rings is 1. The Morgan fingerprint density at radius 2 is 1.67 bits per heavy atom. The number of aromatic hydroxyl groups is 1. The van der Waals surface area contributed by atoms with Crippen LogP contribution in [0.25, 0.3) is 5.69 Å². The fourth-order valence-corrected chi connectivity index (χ4v) is 5.78. The van der Waals surface area contributed by atoms with Crippen molar-refractivity contribution in [2.24, 2.45) is 0 Å². The molecular formula is C28H38N4O7. The molecular weight excluding hydrogens is 504 g/mol. The van der Waals surface area contributed by atoms with Crippen LogP contribution in [0, 0.1) is 0 Å². The first-order chi connectivity index (χ1) is 18.7. The number of rotatable bonds is 7. The molecule has 0 aliphatic carbocycles. The van der Waals surface area contributed by atoms with Gasteiger partial charge in [0.2, 0.25) is 0 Å². The van der Waals surface area contributed by atoms with E-state index in [0.717, 1.165) is 19.4 Å². The van der Waals surface area contributed by atoms with Crippen LogP contribution in [0.4, 0.5) is 4.79 Å². The molecule has 2 aliphatic heterocycles. The lowest BCUT2D eigenvalue weighted by molar-refractivity contribution is 0.0478. The molecule has 4 rings (SSSR count). The van der Waals surface area contributed by atoms with Gasteiger partial charge in [0.05, 0.1) is 13.7 Å². The molecule has 0 bridgehead atoms. The number of piperidine rings is 2. The van der Waals surface area contributed by atoms with Gasteiger partial charge in [-0.1, -0.05) is 6.42 Å². The van der Waals surface area contributed by atoms with Crippen LogP contribution >= 0.6 is 0 Å². The standard InChI is InChI=1S/C28H38N4O7/c1-5-39-27(35)24-25(33)22(21-8-6-7-15-31(21)18-13-16-30(17-14-18)28(36)37)23(26(34)29(2)3)32(24)19-9-11-20(38-4)12-10-19/h9-12,18,21,33H,5-8,13-17H2,1-4H3,(H,36,37). The first-order valence-corrected chi connectivity index (χ1v) is 13.4. The number of aromatic nitrogens is 1. The number of carboxylic acid groups (broad SMARTS) is 1. The van der Waals surface area contributed by atoms with Crippen LogP contribution in [0.5, 0.6) is 11.5 Å². The van der Waals surface area contributed by atoms with Crippen LogP contribution in [-0.4, -0.2) is 101 Å². The molecule has 1 aromatic carbocycles. The fourth-order valence-electron chi connectivity index (χ4n) is 5.78. The van der Waals surface area contributed by atoms with Gasteiger partial charge in [0.1, 0.15) is 11.4 Å². The summed E-state index contributed by atoms with van der Waals surface area (Å²) in [6, 6.07) is 6.69. The summed E-state index contributed by atoms with van der Waals surface area (Å²) in [6.45, 7) is 3.41. The lowest BCUT2D eigenvalue weighted by Gasteiger charge is -2.44. The maximum Gasteiger partial charge on any atom is 0.407 e. The molecule has 3 heterocycles. The molecule has 2 amide bonds. The average Bonchev–Trinajstić information content (AvgIpc) is 3.25. The SMILES string of the molecule is CCOC(=O)c1c(O)c(C2CCCCN2C2CCN(C(=O)O)CC2)c(C(=O)N(C)C)n1-c1ccc(OC)cc1. The quantitative estimate of drug-likeness (QED) is 0.507. The van der Waals surface area contributed by atoms with E-state index in [-0.39, 0.29) is 41.7 Å². The van der Waals surface area contributed by atoms with Crippen LogP contribution < -0.4 is 4.74 Å². The van der Waals surface area contributed by atoms with Gasteiger partial charge in [0.25, 0.3) is 5.91 Å². The van der Waals surface area contributed by atoms with Crippen molar-refractivity contribution in [3.63, 3.8) is 0 Å². The number of amides is 2. The summed E-state index contributed by atoms with van der Waals surface area (Å²) >= 11 is 0. The number of ether oxygens (including phenoxy) is 2. The number of methoxy groups -OCH3 is 1. The summed E-state index contributed by atoms with van der Waals surface area (Å²) < 4.78 is 12.1. The summed E-state index contributed by atoms with van der Waals surface area (Å²) in [6.07, 6.45) is 2.93. The van der Waals surface area contributed by atoms with Crippen molar-refractivity contribution in [1.29, 1.82) is 0 Å². The van der Waals surface area contributed by atoms with E-state index < -0.39 is 12.1 Å². The topological polar surface area (TPSA) is 125 Å². The van der Waals surface area contributed by atoms with Crippen molar-refractivity contribution in [1.82, 2.24) is 19.3 Å². The van der Waals surface area contributed by atoms with Crippen molar-refractivity contribution < 1.29 is 34.1 Å². The van der Waals surface area contributed by atoms with E-state index in [1.165, 1.54) is 14.4 Å². The molecule has 212 valence electrons. The number of esters is 1. The second-order valence-corrected chi connectivity index (χ2v) is 10.2. The van der Waals surface area contributed by atoms with Crippen molar-refractivity contribution in [2.75, 3.05) is 47.4 Å². The summed E-state index contributed by atoms with van der Waals surface area (Å²) in [5, 5.41) is 21.1. The Kier molecular flexibility index (Phi) is 8.69. The molecule has 2 N–H and O–H groups in total. The van der Waals surface area contributed by atoms with Crippen LogP contribution in [-0.2, 0) is 4.74 Å². The van der Waals surface area contributed by atoms with E-state index in [2.05, 4.69) is 4.90 Å². The summed E-state index contributed by atoms with van der Waals surface area (Å²) in [5.41, 5.74) is 1.05. The van der Waals surface area contributed by atoms with Crippen LogP contribution in [0.15, 0.2) is 24.3 Å². The molecule has 0 saturated carbocycles. The van der Waals surface area contributed by atoms with Gasteiger partial charge in [-0.3, -0.25) is 14.3 Å². The summed E-state index contributed by atoms with van der Waals surface area (Å²) in [5.74, 6) is -0.714. The monoisotopic (exact) mass is 542 g/mol. The summed E-state index contributed by atoms with van der Waals surface area (Å²) in [4.78, 5) is 43.7. The molecule has 39 heavy (non-hydrogen) atoms. The molecule has 2 saturated heterocycles. The fraction of sp³-hybridized carbons (Fsp3) is 0.536. The van der Waals surface area contributed by atoms with Crippen molar-refractivity contribution in [2.45, 2.75) is 51.1 Å². The third-order valence-corrected chi connectivity index (χ3v) is 7.67. The van der Waals surface area contributed by atoms with Gasteiger partial charge in [-0.2, -0.15) is 0 Å². The molecule has 0 spiro atoms. The Morgan fingerprint density at radius 3 is 2.23 bits per heavy atom. The zero-order valence-electron chi connectivity index (χ0n) is 23.1. The van der Waals surface area contributed by atoms with Crippen LogP contribution in [0.1, 0.15) is 71.6 Å². The lowest BCUT2D eigenvalue weighted by Crippen LogP contribution is -2.49. The highest BCUT2D eigenvalue weighted by Gasteiger charge is 2.41. The van der Waals surface area contributed by atoms with E-state index in [0.29, 0.717) is 49.4 Å². The maximum absolute atomic E-state index is 13.8. The van der Waals surface area contributed by atoms with Gasteiger partial charge in [-0.05, 0) is 63.4 Å². The first-order valence-electron chi connectivity index (χ1n) is 13.4. The molecule has 11 heteroatoms. The highest BCUT2D eigenvalue weighted by Crippen LogP contribution is 2.45. The minimum atomic E-state index is -0.921. The van der Waals surface area contributed by atoms with E-state index >= 15 is 0 Å². The predicted molar refractivity (Wildman–Crippen MR) is 144 cm³/mol. The smallest absolute Gasteiger partial charge is 0.407 e. The molecule has 2 aliphatic rings. The highest BCUT2D eigenvalue weighted by molar-refractivity contribution is 6.01. The largest absolute Gasteiger partial charge is 0.505 e. The Bertz CT molecular complexity index is 1200. The molecule has 11 nitrogen and oxygen atoms in total. The third-order valence-electron chi connectivity index (χ3n) is 7.67. The summed E-state index contributed by atoms with van der Waals surface area (Å²) in [7, 11) is 4.83. The third kappa shape index (κ3) is 5.54. The van der Waals surface area contributed by atoms with E-state index in [1.54, 1.807) is 52.4 Å². The van der Waals surface area contributed by atoms with Gasteiger partial charge >= 0.3 is 12.1 Å². The second kappa shape index (κ2) is 12.0. The second-order valence-electron chi connectivity index (χ2n) is 10.2. The molecule has 1 atom stereocenters.